The molecule has 0 unspecified atom stereocenters. The van der Waals surface area contributed by atoms with Gasteiger partial charge in [-0.15, -0.1) is 0 Å². The Morgan fingerprint density at radius 3 is 2.49 bits per heavy atom. The van der Waals surface area contributed by atoms with Crippen LogP contribution in [0.1, 0.15) is 60.6 Å². The largest absolute Gasteiger partial charge is 0.361 e. The van der Waals surface area contributed by atoms with Crippen molar-refractivity contribution < 1.29 is 9.59 Å². The van der Waals surface area contributed by atoms with E-state index in [0.29, 0.717) is 18.5 Å². The summed E-state index contributed by atoms with van der Waals surface area (Å²) in [6.07, 6.45) is 12.6. The number of aromatic nitrogens is 3. The number of fused-ring (bicyclic) bond motifs is 1. The lowest BCUT2D eigenvalue weighted by molar-refractivity contribution is -0.127. The first-order chi connectivity index (χ1) is 18.0. The van der Waals surface area contributed by atoms with Gasteiger partial charge in [0.05, 0.1) is 0 Å². The number of nitrogens with zero attached hydrogens (tertiary/aromatic N) is 2. The monoisotopic (exact) mass is 495 g/mol. The predicted molar refractivity (Wildman–Crippen MR) is 144 cm³/mol. The first-order valence-electron chi connectivity index (χ1n) is 13.0. The van der Waals surface area contributed by atoms with Gasteiger partial charge < -0.3 is 15.6 Å². The molecule has 1 aromatic carbocycles. The number of hydrogen-bond acceptors (Lipinski definition) is 4. The molecule has 1 saturated carbocycles. The summed E-state index contributed by atoms with van der Waals surface area (Å²) in [7, 11) is 0. The maximum absolute atomic E-state index is 13.9. The number of H-pyrrole nitrogens is 1. The average Bonchev–Trinajstić information content (AvgIpc) is 3.35. The lowest BCUT2D eigenvalue weighted by Crippen LogP contribution is -2.59. The molecule has 0 radical (unpaired) electrons. The van der Waals surface area contributed by atoms with Crippen LogP contribution in [-0.2, 0) is 16.6 Å². The van der Waals surface area contributed by atoms with Gasteiger partial charge in [-0.1, -0.05) is 43.5 Å². The molecule has 1 aliphatic carbocycles. The van der Waals surface area contributed by atoms with Crippen molar-refractivity contribution in [2.75, 3.05) is 6.54 Å². The van der Waals surface area contributed by atoms with Crippen molar-refractivity contribution in [1.82, 2.24) is 25.6 Å². The number of amides is 2. The van der Waals surface area contributed by atoms with Gasteiger partial charge in [-0.25, -0.2) is 0 Å². The fourth-order valence-corrected chi connectivity index (χ4v) is 5.54. The Bertz CT molecular complexity index is 1360. The second kappa shape index (κ2) is 10.5. The highest BCUT2D eigenvalue weighted by molar-refractivity contribution is 5.99. The number of carbonyl (C=O) groups is 2. The molecule has 0 aliphatic heterocycles. The molecule has 1 fully saturated rings. The molecule has 1 atom stereocenters. The SMILES string of the molecule is C[C@@](Cc1c[nH]c2ccccc12)(NC(=O)c1ccncc1)C(=O)NCC1(c2ccccn2)CCCCC1. The zero-order valence-corrected chi connectivity index (χ0v) is 21.2. The summed E-state index contributed by atoms with van der Waals surface area (Å²) in [5, 5.41) is 7.32. The highest BCUT2D eigenvalue weighted by Gasteiger charge is 2.40. The van der Waals surface area contributed by atoms with E-state index in [-0.39, 0.29) is 17.2 Å². The van der Waals surface area contributed by atoms with Crippen LogP contribution in [0.2, 0.25) is 0 Å². The molecule has 2 amide bonds. The summed E-state index contributed by atoms with van der Waals surface area (Å²) < 4.78 is 0. The summed E-state index contributed by atoms with van der Waals surface area (Å²) in [5.41, 5.74) is 2.08. The average molecular weight is 496 g/mol. The van der Waals surface area contributed by atoms with Crippen molar-refractivity contribution in [3.05, 3.63) is 96.2 Å². The number of benzene rings is 1. The molecule has 190 valence electrons. The van der Waals surface area contributed by atoms with E-state index in [4.69, 9.17) is 0 Å². The fourth-order valence-electron chi connectivity index (χ4n) is 5.54. The van der Waals surface area contributed by atoms with E-state index in [9.17, 15) is 9.59 Å². The van der Waals surface area contributed by atoms with Gasteiger partial charge in [0.25, 0.3) is 5.91 Å². The first kappa shape index (κ1) is 24.7. The normalized spacial score (nSPS) is 16.6. The predicted octanol–water partition coefficient (Wildman–Crippen LogP) is 4.71. The van der Waals surface area contributed by atoms with Crippen LogP contribution in [0.25, 0.3) is 10.9 Å². The van der Waals surface area contributed by atoms with Crippen molar-refractivity contribution in [3.63, 3.8) is 0 Å². The minimum absolute atomic E-state index is 0.202. The lowest BCUT2D eigenvalue weighted by Gasteiger charge is -2.38. The van der Waals surface area contributed by atoms with Gasteiger partial charge in [0, 0.05) is 65.3 Å². The molecule has 7 heteroatoms. The van der Waals surface area contributed by atoms with Crippen molar-refractivity contribution in [3.8, 4) is 0 Å². The summed E-state index contributed by atoms with van der Waals surface area (Å²) in [4.78, 5) is 39.1. The molecule has 7 nitrogen and oxygen atoms in total. The van der Waals surface area contributed by atoms with E-state index in [2.05, 4.69) is 31.7 Å². The number of carbonyl (C=O) groups excluding carboxylic acids is 2. The summed E-state index contributed by atoms with van der Waals surface area (Å²) >= 11 is 0. The molecule has 3 aromatic heterocycles. The Morgan fingerprint density at radius 2 is 1.73 bits per heavy atom. The Morgan fingerprint density at radius 1 is 0.973 bits per heavy atom. The smallest absolute Gasteiger partial charge is 0.252 e. The number of rotatable bonds is 8. The van der Waals surface area contributed by atoms with Crippen molar-refractivity contribution in [2.24, 2.45) is 0 Å². The van der Waals surface area contributed by atoms with E-state index < -0.39 is 5.54 Å². The maximum Gasteiger partial charge on any atom is 0.252 e. The minimum atomic E-state index is -1.18. The van der Waals surface area contributed by atoms with Gasteiger partial charge in [-0.3, -0.25) is 19.6 Å². The van der Waals surface area contributed by atoms with Crippen LogP contribution < -0.4 is 10.6 Å². The van der Waals surface area contributed by atoms with E-state index in [1.807, 2.05) is 48.8 Å². The Labute approximate surface area is 217 Å². The highest BCUT2D eigenvalue weighted by Crippen LogP contribution is 2.38. The molecule has 3 heterocycles. The third kappa shape index (κ3) is 5.26. The van der Waals surface area contributed by atoms with Crippen molar-refractivity contribution >= 4 is 22.7 Å². The number of nitrogens with one attached hydrogen (secondary N) is 3. The minimum Gasteiger partial charge on any atom is -0.361 e. The standard InChI is InChI=1S/C30H33N5O2/c1-29(35-27(36)22-12-17-31-18-13-22,19-23-20-33-25-10-4-3-9-24(23)25)28(37)34-21-30(14-6-2-7-15-30)26-11-5-8-16-32-26/h3-5,8-13,16-18,20,33H,2,6-7,14-15,19,21H2,1H3,(H,34,37)(H,35,36)/t29-/m0/s1. The lowest BCUT2D eigenvalue weighted by atomic mass is 9.71. The number of aromatic amines is 1. The zero-order valence-electron chi connectivity index (χ0n) is 21.2. The Balaban J connectivity index is 1.42. The van der Waals surface area contributed by atoms with Crippen molar-refractivity contribution in [1.29, 1.82) is 0 Å². The first-order valence-corrected chi connectivity index (χ1v) is 13.0. The van der Waals surface area contributed by atoms with Crippen LogP contribution in [0.4, 0.5) is 0 Å². The third-order valence-corrected chi connectivity index (χ3v) is 7.66. The second-order valence-corrected chi connectivity index (χ2v) is 10.3. The van der Waals surface area contributed by atoms with Crippen LogP contribution in [0, 0.1) is 0 Å². The quantitative estimate of drug-likeness (QED) is 0.330. The van der Waals surface area contributed by atoms with Crippen LogP contribution in [-0.4, -0.2) is 38.8 Å². The molecule has 5 rings (SSSR count). The molecule has 3 N–H and O–H groups in total. The van der Waals surface area contributed by atoms with Crippen LogP contribution in [0.5, 0.6) is 0 Å². The number of hydrogen-bond donors (Lipinski definition) is 3. The van der Waals surface area contributed by atoms with E-state index >= 15 is 0 Å². The number of para-hydroxylation sites is 1. The summed E-state index contributed by atoms with van der Waals surface area (Å²) in [6.45, 7) is 2.29. The molecule has 0 bridgehead atoms. The highest BCUT2D eigenvalue weighted by atomic mass is 16.2. The van der Waals surface area contributed by atoms with Gasteiger partial charge in [0.15, 0.2) is 0 Å². The number of pyridine rings is 2. The molecular formula is C30H33N5O2. The van der Waals surface area contributed by atoms with E-state index in [0.717, 1.165) is 47.8 Å². The Hall–Kier alpha value is -4.00. The van der Waals surface area contributed by atoms with E-state index in [1.54, 1.807) is 31.5 Å². The Kier molecular flexibility index (Phi) is 7.04. The molecular weight excluding hydrogens is 462 g/mol. The molecule has 0 spiro atoms. The van der Waals surface area contributed by atoms with Gasteiger partial charge >= 0.3 is 0 Å². The molecule has 1 aliphatic rings. The topological polar surface area (TPSA) is 99.8 Å². The second-order valence-electron chi connectivity index (χ2n) is 10.3. The summed E-state index contributed by atoms with van der Waals surface area (Å²) in [6, 6.07) is 17.3. The van der Waals surface area contributed by atoms with E-state index in [1.165, 1.54) is 6.42 Å². The molecule has 0 saturated heterocycles. The third-order valence-electron chi connectivity index (χ3n) is 7.66. The maximum atomic E-state index is 13.9. The van der Waals surface area contributed by atoms with Gasteiger partial charge in [0.2, 0.25) is 5.91 Å². The summed E-state index contributed by atoms with van der Waals surface area (Å²) in [5.74, 6) is -0.516. The van der Waals surface area contributed by atoms with Crippen LogP contribution in [0.3, 0.4) is 0 Å². The molecule has 4 aromatic rings. The zero-order chi connectivity index (χ0) is 25.7. The van der Waals surface area contributed by atoms with Crippen molar-refractivity contribution in [2.45, 2.75) is 56.4 Å². The van der Waals surface area contributed by atoms with Crippen LogP contribution >= 0.6 is 0 Å². The van der Waals surface area contributed by atoms with Gasteiger partial charge in [0.1, 0.15) is 5.54 Å². The molecule has 37 heavy (non-hydrogen) atoms. The van der Waals surface area contributed by atoms with Crippen LogP contribution in [0.15, 0.2) is 79.4 Å². The van der Waals surface area contributed by atoms with Gasteiger partial charge in [-0.2, -0.15) is 0 Å². The van der Waals surface area contributed by atoms with Gasteiger partial charge in [-0.05, 0) is 55.7 Å². The fraction of sp³-hybridized carbons (Fsp3) is 0.333.